The summed E-state index contributed by atoms with van der Waals surface area (Å²) in [6.45, 7) is 1.90. The number of aromatic amines is 1. The van der Waals surface area contributed by atoms with E-state index in [0.717, 1.165) is 19.9 Å². The molecule has 96 valence electrons. The molecule has 3 N–H and O–H groups in total. The lowest BCUT2D eigenvalue weighted by molar-refractivity contribution is 0.379. The maximum Gasteiger partial charge on any atom is 0.244 e. The Labute approximate surface area is 121 Å². The normalized spacial score (nSPS) is 17.8. The molecule has 7 heteroatoms. The van der Waals surface area contributed by atoms with E-state index in [9.17, 15) is 5.26 Å². The van der Waals surface area contributed by atoms with Crippen molar-refractivity contribution in [2.45, 2.75) is 12.8 Å². The lowest BCUT2D eigenvalue weighted by Gasteiger charge is -2.22. The number of nitrogens with two attached hydrogens (primary N) is 1. The minimum Gasteiger partial charge on any atom is -0.420 e. The molecule has 3 rings (SSSR count). The summed E-state index contributed by atoms with van der Waals surface area (Å²) in [7, 11) is 0. The van der Waals surface area contributed by atoms with E-state index in [-0.39, 0.29) is 11.8 Å². The molecule has 2 aromatic heterocycles. The van der Waals surface area contributed by atoms with Crippen LogP contribution < -0.4 is 10.5 Å². The molecule has 2 aromatic rings. The predicted octanol–water partition coefficient (Wildman–Crippen LogP) is 2.76. The van der Waals surface area contributed by atoms with Crippen molar-refractivity contribution >= 4 is 27.3 Å². The highest BCUT2D eigenvalue weighted by Crippen LogP contribution is 2.45. The van der Waals surface area contributed by atoms with E-state index >= 15 is 0 Å². The van der Waals surface area contributed by atoms with Crippen LogP contribution in [0.15, 0.2) is 27.4 Å². The van der Waals surface area contributed by atoms with Gasteiger partial charge in [-0.15, -0.1) is 16.4 Å². The summed E-state index contributed by atoms with van der Waals surface area (Å²) in [6.07, 6.45) is 0. The summed E-state index contributed by atoms with van der Waals surface area (Å²) >= 11 is 5.01. The number of nitrogens with one attached hydrogen (secondary N) is 1. The number of ether oxygens (including phenoxy) is 1. The molecule has 19 heavy (non-hydrogen) atoms. The van der Waals surface area contributed by atoms with Gasteiger partial charge in [0.2, 0.25) is 11.8 Å². The van der Waals surface area contributed by atoms with Crippen LogP contribution in [0.25, 0.3) is 0 Å². The number of nitrogens with zero attached hydrogens (tertiary/aromatic N) is 2. The zero-order valence-corrected chi connectivity index (χ0v) is 12.3. The number of thiophene rings is 1. The standard InChI is InChI=1S/C12H9BrN4OS/c1-5-9-10(7-2-3-8(13)19-7)6(4-14)11(15)18-12(9)17-16-5/h2-3,10H,15H2,1H3,(H,16,17). The maximum atomic E-state index is 9.35. The number of hydrogen-bond acceptors (Lipinski definition) is 5. The van der Waals surface area contributed by atoms with Crippen molar-refractivity contribution < 1.29 is 4.74 Å². The zero-order chi connectivity index (χ0) is 13.6. The number of aryl methyl sites for hydroxylation is 1. The summed E-state index contributed by atoms with van der Waals surface area (Å²) in [6, 6.07) is 6.08. The number of fused-ring (bicyclic) bond motifs is 1. The second-order valence-corrected chi connectivity index (χ2v) is 6.63. The Hall–Kier alpha value is -1.78. The average molecular weight is 337 g/mol. The first-order valence-electron chi connectivity index (χ1n) is 5.49. The second kappa shape index (κ2) is 4.40. The van der Waals surface area contributed by atoms with Crippen molar-refractivity contribution in [2.75, 3.05) is 0 Å². The Morgan fingerprint density at radius 2 is 2.37 bits per heavy atom. The number of rotatable bonds is 1. The molecule has 0 radical (unpaired) electrons. The summed E-state index contributed by atoms with van der Waals surface area (Å²) in [5.74, 6) is 0.350. The van der Waals surface area contributed by atoms with Crippen LogP contribution in [0, 0.1) is 18.3 Å². The molecule has 0 saturated heterocycles. The molecule has 1 aliphatic heterocycles. The van der Waals surface area contributed by atoms with Gasteiger partial charge in [-0.2, -0.15) is 5.26 Å². The minimum absolute atomic E-state index is 0.121. The number of H-pyrrole nitrogens is 1. The van der Waals surface area contributed by atoms with E-state index in [2.05, 4.69) is 32.2 Å². The second-order valence-electron chi connectivity index (χ2n) is 4.13. The molecular formula is C12H9BrN4OS. The predicted molar refractivity (Wildman–Crippen MR) is 74.6 cm³/mol. The van der Waals surface area contributed by atoms with Crippen LogP contribution in [0.4, 0.5) is 0 Å². The van der Waals surface area contributed by atoms with Crippen molar-refractivity contribution in [1.29, 1.82) is 5.26 Å². The molecule has 0 saturated carbocycles. The molecule has 0 aromatic carbocycles. The smallest absolute Gasteiger partial charge is 0.244 e. The van der Waals surface area contributed by atoms with E-state index in [1.54, 1.807) is 11.3 Å². The molecule has 1 aliphatic rings. The summed E-state index contributed by atoms with van der Waals surface area (Å²) in [5, 5.41) is 16.3. The molecular weight excluding hydrogens is 328 g/mol. The molecule has 1 atom stereocenters. The third kappa shape index (κ3) is 1.84. The van der Waals surface area contributed by atoms with Gasteiger partial charge in [0, 0.05) is 10.6 Å². The topological polar surface area (TPSA) is 87.7 Å². The van der Waals surface area contributed by atoms with Crippen molar-refractivity contribution in [3.63, 3.8) is 0 Å². The van der Waals surface area contributed by atoms with Gasteiger partial charge >= 0.3 is 0 Å². The van der Waals surface area contributed by atoms with E-state index in [0.29, 0.717) is 11.5 Å². The highest BCUT2D eigenvalue weighted by atomic mass is 79.9. The first-order chi connectivity index (χ1) is 9.11. The molecule has 0 fully saturated rings. The first kappa shape index (κ1) is 12.3. The van der Waals surface area contributed by atoms with Crippen LogP contribution in [0.1, 0.15) is 22.1 Å². The van der Waals surface area contributed by atoms with Gasteiger partial charge < -0.3 is 10.5 Å². The fourth-order valence-electron chi connectivity index (χ4n) is 2.17. The largest absolute Gasteiger partial charge is 0.420 e. The van der Waals surface area contributed by atoms with Gasteiger partial charge in [0.1, 0.15) is 11.6 Å². The number of nitriles is 1. The Balaban J connectivity index is 2.24. The molecule has 0 aliphatic carbocycles. The Bertz CT molecular complexity index is 724. The van der Waals surface area contributed by atoms with Gasteiger partial charge in [-0.25, -0.2) is 0 Å². The van der Waals surface area contributed by atoms with Crippen molar-refractivity contribution in [3.05, 3.63) is 43.5 Å². The molecule has 0 spiro atoms. The molecule has 0 amide bonds. The third-order valence-electron chi connectivity index (χ3n) is 3.01. The molecule has 0 bridgehead atoms. The molecule has 3 heterocycles. The van der Waals surface area contributed by atoms with E-state index in [1.807, 2.05) is 19.1 Å². The van der Waals surface area contributed by atoms with Crippen LogP contribution in [-0.2, 0) is 0 Å². The lowest BCUT2D eigenvalue weighted by Crippen LogP contribution is -2.20. The number of hydrogen-bond donors (Lipinski definition) is 2. The first-order valence-corrected chi connectivity index (χ1v) is 7.10. The minimum atomic E-state index is -0.219. The summed E-state index contributed by atoms with van der Waals surface area (Å²) < 4.78 is 6.41. The highest BCUT2D eigenvalue weighted by molar-refractivity contribution is 9.11. The highest BCUT2D eigenvalue weighted by Gasteiger charge is 2.34. The van der Waals surface area contributed by atoms with Crippen LogP contribution in [-0.4, -0.2) is 10.2 Å². The lowest BCUT2D eigenvalue weighted by atomic mass is 9.89. The van der Waals surface area contributed by atoms with E-state index in [1.165, 1.54) is 0 Å². The monoisotopic (exact) mass is 336 g/mol. The maximum absolute atomic E-state index is 9.35. The number of aromatic nitrogens is 2. The average Bonchev–Trinajstić information content (AvgIpc) is 2.95. The van der Waals surface area contributed by atoms with E-state index < -0.39 is 0 Å². The van der Waals surface area contributed by atoms with Gasteiger partial charge in [0.15, 0.2) is 0 Å². The van der Waals surface area contributed by atoms with Crippen LogP contribution in [0.3, 0.4) is 0 Å². The summed E-state index contributed by atoms with van der Waals surface area (Å²) in [5.41, 5.74) is 8.00. The van der Waals surface area contributed by atoms with Gasteiger partial charge in [0.25, 0.3) is 0 Å². The van der Waals surface area contributed by atoms with Crippen LogP contribution in [0.2, 0.25) is 0 Å². The van der Waals surface area contributed by atoms with Gasteiger partial charge in [0.05, 0.1) is 15.3 Å². The third-order valence-corrected chi connectivity index (χ3v) is 4.70. The molecule has 5 nitrogen and oxygen atoms in total. The fourth-order valence-corrected chi connectivity index (χ4v) is 3.71. The molecule has 1 unspecified atom stereocenters. The Morgan fingerprint density at radius 1 is 1.58 bits per heavy atom. The Kier molecular flexibility index (Phi) is 2.84. The van der Waals surface area contributed by atoms with Crippen molar-refractivity contribution in [2.24, 2.45) is 5.73 Å². The van der Waals surface area contributed by atoms with Crippen LogP contribution in [0.5, 0.6) is 5.88 Å². The van der Waals surface area contributed by atoms with Gasteiger partial charge in [-0.3, -0.25) is 5.10 Å². The Morgan fingerprint density at radius 3 is 3.00 bits per heavy atom. The van der Waals surface area contributed by atoms with Crippen molar-refractivity contribution in [3.8, 4) is 11.9 Å². The van der Waals surface area contributed by atoms with E-state index in [4.69, 9.17) is 10.5 Å². The van der Waals surface area contributed by atoms with Crippen LogP contribution >= 0.6 is 27.3 Å². The quantitative estimate of drug-likeness (QED) is 0.838. The fraction of sp³-hybridized carbons (Fsp3) is 0.167. The van der Waals surface area contributed by atoms with Gasteiger partial charge in [-0.1, -0.05) is 0 Å². The number of allylic oxidation sites excluding steroid dienone is 1. The zero-order valence-electron chi connectivity index (χ0n) is 9.90. The number of halogens is 1. The SMILES string of the molecule is Cc1[nH]nc2c1C(c1ccc(Br)s1)C(C#N)=C(N)O2. The summed E-state index contributed by atoms with van der Waals surface area (Å²) in [4.78, 5) is 1.03. The van der Waals surface area contributed by atoms with Gasteiger partial charge in [-0.05, 0) is 35.0 Å². The van der Waals surface area contributed by atoms with Crippen molar-refractivity contribution in [1.82, 2.24) is 10.2 Å².